The van der Waals surface area contributed by atoms with Crippen molar-refractivity contribution in [1.29, 1.82) is 0 Å². The van der Waals surface area contributed by atoms with Gasteiger partial charge in [-0.05, 0) is 81.8 Å². The van der Waals surface area contributed by atoms with Gasteiger partial charge < -0.3 is 5.32 Å². The van der Waals surface area contributed by atoms with Crippen LogP contribution in [-0.2, 0) is 14.8 Å². The lowest BCUT2D eigenvalue weighted by Gasteiger charge is -2.22. The molecule has 29 heavy (non-hydrogen) atoms. The number of aryl methyl sites for hydroxylation is 6. The Morgan fingerprint density at radius 2 is 1.41 bits per heavy atom. The molecule has 1 atom stereocenters. The first kappa shape index (κ1) is 23.1. The molecule has 5 nitrogen and oxygen atoms in total. The van der Waals surface area contributed by atoms with E-state index < -0.39 is 10.0 Å². The summed E-state index contributed by atoms with van der Waals surface area (Å²) in [5.41, 5.74) is 6.90. The number of likely N-dealkylation sites (N-methyl/N-ethyl adjacent to an activating group) is 1. The van der Waals surface area contributed by atoms with Crippen LogP contribution in [0.3, 0.4) is 0 Å². The van der Waals surface area contributed by atoms with Crippen molar-refractivity contribution in [1.82, 2.24) is 9.62 Å². The van der Waals surface area contributed by atoms with Gasteiger partial charge in [0.1, 0.15) is 0 Å². The smallest absolute Gasteiger partial charge is 0.243 e. The Balaban J connectivity index is 2.17. The maximum absolute atomic E-state index is 13.1. The second-order valence-electron chi connectivity index (χ2n) is 8.07. The van der Waals surface area contributed by atoms with E-state index in [1.807, 2.05) is 39.8 Å². The third-order valence-corrected chi connectivity index (χ3v) is 7.48. The topological polar surface area (TPSA) is 66.5 Å². The number of rotatable bonds is 6. The Morgan fingerprint density at radius 3 is 1.97 bits per heavy atom. The molecule has 0 aliphatic heterocycles. The molecule has 2 aromatic carbocycles. The first-order valence-corrected chi connectivity index (χ1v) is 11.2. The SMILES string of the molecule is Cc1cc(C)c(S(=O)(=O)N(C)CC(=O)NC(C)c2cc(C)c(C)cc2C)c(C)c1. The van der Waals surface area contributed by atoms with Crippen molar-refractivity contribution < 1.29 is 13.2 Å². The molecular formula is C23H32N2O3S. The van der Waals surface area contributed by atoms with Gasteiger partial charge in [-0.2, -0.15) is 4.31 Å². The second kappa shape index (κ2) is 8.67. The van der Waals surface area contributed by atoms with Crippen molar-refractivity contribution in [3.63, 3.8) is 0 Å². The Kier molecular flexibility index (Phi) is 6.91. The largest absolute Gasteiger partial charge is 0.348 e. The maximum Gasteiger partial charge on any atom is 0.243 e. The van der Waals surface area contributed by atoms with Crippen LogP contribution in [0, 0.1) is 41.5 Å². The first-order valence-electron chi connectivity index (χ1n) is 9.76. The van der Waals surface area contributed by atoms with Crippen LogP contribution < -0.4 is 5.32 Å². The molecule has 1 amide bonds. The number of nitrogens with one attached hydrogen (secondary N) is 1. The van der Waals surface area contributed by atoms with Crippen molar-refractivity contribution in [3.05, 3.63) is 63.2 Å². The summed E-state index contributed by atoms with van der Waals surface area (Å²) in [4.78, 5) is 12.9. The van der Waals surface area contributed by atoms with Crippen LogP contribution in [0.25, 0.3) is 0 Å². The summed E-state index contributed by atoms with van der Waals surface area (Å²) in [6, 6.07) is 7.67. The van der Waals surface area contributed by atoms with E-state index >= 15 is 0 Å². The highest BCUT2D eigenvalue weighted by Gasteiger charge is 2.27. The zero-order valence-corrected chi connectivity index (χ0v) is 19.5. The fourth-order valence-corrected chi connectivity index (χ4v) is 5.36. The van der Waals surface area contributed by atoms with Crippen molar-refractivity contribution in [2.24, 2.45) is 0 Å². The Labute approximate surface area is 175 Å². The van der Waals surface area contributed by atoms with Gasteiger partial charge in [-0.15, -0.1) is 0 Å². The third-order valence-electron chi connectivity index (χ3n) is 5.37. The van der Waals surface area contributed by atoms with E-state index in [2.05, 4.69) is 24.4 Å². The van der Waals surface area contributed by atoms with Crippen molar-refractivity contribution in [3.8, 4) is 0 Å². The molecule has 0 radical (unpaired) electrons. The minimum atomic E-state index is -3.76. The molecule has 0 fully saturated rings. The lowest BCUT2D eigenvalue weighted by Crippen LogP contribution is -2.39. The fraction of sp³-hybridized carbons (Fsp3) is 0.435. The van der Waals surface area contributed by atoms with Crippen LogP contribution in [-0.4, -0.2) is 32.2 Å². The summed E-state index contributed by atoms with van der Waals surface area (Å²) >= 11 is 0. The summed E-state index contributed by atoms with van der Waals surface area (Å²) in [5.74, 6) is -0.330. The Bertz CT molecular complexity index is 1020. The second-order valence-corrected chi connectivity index (χ2v) is 10.1. The molecule has 0 aliphatic carbocycles. The Hall–Kier alpha value is -2.18. The zero-order chi connectivity index (χ0) is 22.1. The molecule has 0 aliphatic rings. The van der Waals surface area contributed by atoms with E-state index in [9.17, 15) is 13.2 Å². The molecule has 1 N–H and O–H groups in total. The number of hydrogen-bond acceptors (Lipinski definition) is 3. The number of sulfonamides is 1. The molecule has 2 aromatic rings. The third kappa shape index (κ3) is 5.06. The molecule has 0 saturated heterocycles. The summed E-state index contributed by atoms with van der Waals surface area (Å²) < 4.78 is 27.2. The fourth-order valence-electron chi connectivity index (χ4n) is 3.83. The average Bonchev–Trinajstić information content (AvgIpc) is 2.56. The molecule has 158 valence electrons. The number of hydrogen-bond donors (Lipinski definition) is 1. The van der Waals surface area contributed by atoms with Crippen molar-refractivity contribution >= 4 is 15.9 Å². The van der Waals surface area contributed by atoms with Crippen LogP contribution in [0.4, 0.5) is 0 Å². The van der Waals surface area contributed by atoms with E-state index in [-0.39, 0.29) is 23.4 Å². The van der Waals surface area contributed by atoms with Gasteiger partial charge in [0.25, 0.3) is 0 Å². The van der Waals surface area contributed by atoms with Gasteiger partial charge in [0.05, 0.1) is 17.5 Å². The van der Waals surface area contributed by atoms with E-state index in [0.717, 1.165) is 26.6 Å². The molecule has 6 heteroatoms. The summed E-state index contributed by atoms with van der Waals surface area (Å²) in [7, 11) is -2.32. The minimum absolute atomic E-state index is 0.208. The van der Waals surface area contributed by atoms with Crippen LogP contribution in [0.2, 0.25) is 0 Å². The number of benzene rings is 2. The van der Waals surface area contributed by atoms with Crippen LogP contribution in [0.5, 0.6) is 0 Å². The van der Waals surface area contributed by atoms with Gasteiger partial charge in [-0.3, -0.25) is 4.79 Å². The van der Waals surface area contributed by atoms with E-state index in [4.69, 9.17) is 0 Å². The van der Waals surface area contributed by atoms with Gasteiger partial charge in [0, 0.05) is 7.05 Å². The molecule has 0 bridgehead atoms. The first-order chi connectivity index (χ1) is 13.3. The lowest BCUT2D eigenvalue weighted by atomic mass is 9.96. The zero-order valence-electron chi connectivity index (χ0n) is 18.7. The summed E-state index contributed by atoms with van der Waals surface area (Å²) in [6.45, 7) is 13.3. The summed E-state index contributed by atoms with van der Waals surface area (Å²) in [6.07, 6.45) is 0. The quantitative estimate of drug-likeness (QED) is 0.773. The van der Waals surface area contributed by atoms with Gasteiger partial charge in [-0.1, -0.05) is 29.8 Å². The van der Waals surface area contributed by atoms with Gasteiger partial charge in [-0.25, -0.2) is 8.42 Å². The number of carbonyl (C=O) groups excluding carboxylic acids is 1. The normalized spacial score (nSPS) is 12.9. The van der Waals surface area contributed by atoms with Crippen LogP contribution in [0.15, 0.2) is 29.2 Å². The molecule has 0 heterocycles. The van der Waals surface area contributed by atoms with Crippen LogP contribution >= 0.6 is 0 Å². The number of carbonyl (C=O) groups is 1. The van der Waals surface area contributed by atoms with Crippen molar-refractivity contribution in [2.45, 2.75) is 59.4 Å². The Morgan fingerprint density at radius 1 is 0.897 bits per heavy atom. The van der Waals surface area contributed by atoms with Gasteiger partial charge in [0.15, 0.2) is 0 Å². The molecule has 0 saturated carbocycles. The standard InChI is InChI=1S/C23H32N2O3S/c1-14-9-18(5)23(19(6)10-14)29(27,28)25(8)13-22(26)24-20(7)21-12-16(3)15(2)11-17(21)4/h9-12,20H,13H2,1-8H3,(H,24,26). The minimum Gasteiger partial charge on any atom is -0.348 e. The van der Waals surface area contributed by atoms with E-state index in [0.29, 0.717) is 11.1 Å². The van der Waals surface area contributed by atoms with E-state index in [1.165, 1.54) is 12.6 Å². The lowest BCUT2D eigenvalue weighted by molar-refractivity contribution is -0.121. The predicted molar refractivity (Wildman–Crippen MR) is 118 cm³/mol. The molecule has 0 spiro atoms. The highest BCUT2D eigenvalue weighted by molar-refractivity contribution is 7.89. The molecular weight excluding hydrogens is 384 g/mol. The molecule has 2 rings (SSSR count). The van der Waals surface area contributed by atoms with Gasteiger partial charge in [0.2, 0.25) is 15.9 Å². The maximum atomic E-state index is 13.1. The average molecular weight is 417 g/mol. The molecule has 0 aromatic heterocycles. The highest BCUT2D eigenvalue weighted by atomic mass is 32.2. The van der Waals surface area contributed by atoms with Crippen LogP contribution in [0.1, 0.15) is 51.9 Å². The predicted octanol–water partition coefficient (Wildman–Crippen LogP) is 4.04. The highest BCUT2D eigenvalue weighted by Crippen LogP contribution is 2.25. The monoisotopic (exact) mass is 416 g/mol. The van der Waals surface area contributed by atoms with Crippen molar-refractivity contribution in [2.75, 3.05) is 13.6 Å². The molecule has 1 unspecified atom stereocenters. The van der Waals surface area contributed by atoms with Gasteiger partial charge >= 0.3 is 0 Å². The summed E-state index contributed by atoms with van der Waals surface area (Å²) in [5, 5.41) is 2.93. The van der Waals surface area contributed by atoms with E-state index in [1.54, 1.807) is 13.8 Å². The number of amides is 1. The number of nitrogens with zero attached hydrogens (tertiary/aromatic N) is 1.